The highest BCUT2D eigenvalue weighted by molar-refractivity contribution is 5.93. The van der Waals surface area contributed by atoms with Gasteiger partial charge in [-0.1, -0.05) is 30.3 Å². The van der Waals surface area contributed by atoms with E-state index in [2.05, 4.69) is 39.0 Å². The summed E-state index contributed by atoms with van der Waals surface area (Å²) < 4.78 is 7.58. The number of amides is 2. The van der Waals surface area contributed by atoms with E-state index in [4.69, 9.17) is 4.74 Å². The summed E-state index contributed by atoms with van der Waals surface area (Å²) in [5.74, 6) is -0.0128. The minimum atomic E-state index is -0.490. The Labute approximate surface area is 196 Å². The Hall–Kier alpha value is -2.80. The van der Waals surface area contributed by atoms with Crippen molar-refractivity contribution < 1.29 is 14.3 Å². The first-order valence-corrected chi connectivity index (χ1v) is 12.0. The second-order valence-corrected chi connectivity index (χ2v) is 10.2. The van der Waals surface area contributed by atoms with Crippen LogP contribution in [-0.4, -0.2) is 64.2 Å². The van der Waals surface area contributed by atoms with E-state index < -0.39 is 5.60 Å². The van der Waals surface area contributed by atoms with E-state index in [1.165, 1.54) is 5.56 Å². The van der Waals surface area contributed by atoms with Crippen LogP contribution in [0.4, 0.5) is 4.79 Å². The standard InChI is InChI=1S/C26H36N4O3/c1-26(2,3)33-25(32)29-16-12-22(13-17-29)30-14-7-10-23(30)24(31)27-21-11-15-28(19-21)18-20-8-5-4-6-9-20/h4-10,14,21-22H,11-13,15-19H2,1-3H3,(H,27,31). The predicted octanol–water partition coefficient (Wildman–Crippen LogP) is 4.06. The third-order valence-electron chi connectivity index (χ3n) is 6.38. The fourth-order valence-corrected chi connectivity index (χ4v) is 4.75. The monoisotopic (exact) mass is 452 g/mol. The summed E-state index contributed by atoms with van der Waals surface area (Å²) in [4.78, 5) is 29.6. The number of hydrogen-bond donors (Lipinski definition) is 1. The molecule has 33 heavy (non-hydrogen) atoms. The Morgan fingerprint density at radius 3 is 2.42 bits per heavy atom. The second kappa shape index (κ2) is 10.00. The van der Waals surface area contributed by atoms with Crippen molar-refractivity contribution in [3.8, 4) is 0 Å². The average Bonchev–Trinajstić information content (AvgIpc) is 3.43. The molecule has 1 aromatic carbocycles. The lowest BCUT2D eigenvalue weighted by Gasteiger charge is -2.34. The molecule has 1 unspecified atom stereocenters. The number of piperidine rings is 1. The van der Waals surface area contributed by atoms with Crippen molar-refractivity contribution in [3.05, 3.63) is 59.9 Å². The van der Waals surface area contributed by atoms with E-state index >= 15 is 0 Å². The van der Waals surface area contributed by atoms with Gasteiger partial charge in [-0.3, -0.25) is 9.69 Å². The summed E-state index contributed by atoms with van der Waals surface area (Å²) in [6.07, 6.45) is 4.31. The molecule has 178 valence electrons. The lowest BCUT2D eigenvalue weighted by molar-refractivity contribution is 0.0187. The van der Waals surface area contributed by atoms with E-state index in [1.54, 1.807) is 4.90 Å². The summed E-state index contributed by atoms with van der Waals surface area (Å²) in [5, 5.41) is 3.24. The first kappa shape index (κ1) is 23.4. The van der Waals surface area contributed by atoms with E-state index in [0.717, 1.165) is 38.9 Å². The lowest BCUT2D eigenvalue weighted by atomic mass is 10.0. The van der Waals surface area contributed by atoms with Gasteiger partial charge in [0.1, 0.15) is 11.3 Å². The van der Waals surface area contributed by atoms with Crippen LogP contribution in [0.3, 0.4) is 0 Å². The smallest absolute Gasteiger partial charge is 0.410 e. The number of nitrogens with zero attached hydrogens (tertiary/aromatic N) is 3. The molecular weight excluding hydrogens is 416 g/mol. The highest BCUT2D eigenvalue weighted by atomic mass is 16.6. The van der Waals surface area contributed by atoms with Crippen LogP contribution in [-0.2, 0) is 11.3 Å². The average molecular weight is 453 g/mol. The maximum Gasteiger partial charge on any atom is 0.410 e. The molecule has 1 aromatic heterocycles. The minimum Gasteiger partial charge on any atom is -0.444 e. The zero-order valence-electron chi connectivity index (χ0n) is 20.0. The van der Waals surface area contributed by atoms with Gasteiger partial charge < -0.3 is 19.5 Å². The molecule has 0 radical (unpaired) electrons. The molecule has 2 aliphatic rings. The number of rotatable bonds is 5. The number of likely N-dealkylation sites (tertiary alicyclic amines) is 2. The highest BCUT2D eigenvalue weighted by Crippen LogP contribution is 2.26. The summed E-state index contributed by atoms with van der Waals surface area (Å²) >= 11 is 0. The van der Waals surface area contributed by atoms with Gasteiger partial charge in [-0.2, -0.15) is 0 Å². The topological polar surface area (TPSA) is 66.8 Å². The Morgan fingerprint density at radius 1 is 1.00 bits per heavy atom. The number of carbonyl (C=O) groups excluding carboxylic acids is 2. The van der Waals surface area contributed by atoms with Crippen molar-refractivity contribution in [2.75, 3.05) is 26.2 Å². The van der Waals surface area contributed by atoms with Crippen LogP contribution in [0.2, 0.25) is 0 Å². The Kier molecular flexibility index (Phi) is 7.08. The van der Waals surface area contributed by atoms with Crippen molar-refractivity contribution in [3.63, 3.8) is 0 Å². The molecule has 2 aromatic rings. The van der Waals surface area contributed by atoms with Crippen molar-refractivity contribution in [2.24, 2.45) is 0 Å². The van der Waals surface area contributed by atoms with Crippen molar-refractivity contribution in [1.29, 1.82) is 0 Å². The zero-order valence-corrected chi connectivity index (χ0v) is 20.0. The first-order valence-electron chi connectivity index (χ1n) is 12.0. The highest BCUT2D eigenvalue weighted by Gasteiger charge is 2.30. The molecule has 2 aliphatic heterocycles. The third-order valence-corrected chi connectivity index (χ3v) is 6.38. The summed E-state index contributed by atoms with van der Waals surface area (Å²) in [5.41, 5.74) is 1.51. The number of carbonyl (C=O) groups is 2. The maximum absolute atomic E-state index is 13.1. The number of hydrogen-bond acceptors (Lipinski definition) is 4. The van der Waals surface area contributed by atoms with Gasteiger partial charge in [-0.05, 0) is 57.7 Å². The molecule has 0 spiro atoms. The van der Waals surface area contributed by atoms with Gasteiger partial charge in [0.25, 0.3) is 5.91 Å². The van der Waals surface area contributed by atoms with Crippen LogP contribution in [0.15, 0.2) is 48.7 Å². The van der Waals surface area contributed by atoms with Gasteiger partial charge in [-0.25, -0.2) is 4.79 Å². The molecule has 0 saturated carbocycles. The van der Waals surface area contributed by atoms with E-state index in [1.807, 2.05) is 45.2 Å². The lowest BCUT2D eigenvalue weighted by Crippen LogP contribution is -2.43. The molecule has 1 atom stereocenters. The van der Waals surface area contributed by atoms with Gasteiger partial charge in [-0.15, -0.1) is 0 Å². The summed E-state index contributed by atoms with van der Waals surface area (Å²) in [6, 6.07) is 14.7. The van der Waals surface area contributed by atoms with E-state index in [9.17, 15) is 9.59 Å². The summed E-state index contributed by atoms with van der Waals surface area (Å²) in [7, 11) is 0. The molecule has 0 aliphatic carbocycles. The van der Waals surface area contributed by atoms with Crippen molar-refractivity contribution in [2.45, 2.75) is 64.3 Å². The first-order chi connectivity index (χ1) is 15.8. The molecule has 3 heterocycles. The van der Waals surface area contributed by atoms with Crippen LogP contribution >= 0.6 is 0 Å². The molecule has 2 fully saturated rings. The van der Waals surface area contributed by atoms with Crippen LogP contribution in [0.5, 0.6) is 0 Å². The van der Waals surface area contributed by atoms with Gasteiger partial charge in [0.05, 0.1) is 0 Å². The Morgan fingerprint density at radius 2 is 1.73 bits per heavy atom. The number of nitrogens with one attached hydrogen (secondary N) is 1. The Bertz CT molecular complexity index is 942. The molecule has 0 bridgehead atoms. The summed E-state index contributed by atoms with van der Waals surface area (Å²) in [6.45, 7) is 9.69. The van der Waals surface area contributed by atoms with Crippen LogP contribution in [0, 0.1) is 0 Å². The zero-order chi connectivity index (χ0) is 23.4. The van der Waals surface area contributed by atoms with Crippen molar-refractivity contribution >= 4 is 12.0 Å². The largest absolute Gasteiger partial charge is 0.444 e. The van der Waals surface area contributed by atoms with Crippen LogP contribution < -0.4 is 5.32 Å². The minimum absolute atomic E-state index is 0.0128. The fourth-order valence-electron chi connectivity index (χ4n) is 4.75. The fraction of sp³-hybridized carbons (Fsp3) is 0.538. The van der Waals surface area contributed by atoms with Gasteiger partial charge >= 0.3 is 6.09 Å². The van der Waals surface area contributed by atoms with Gasteiger partial charge in [0.2, 0.25) is 0 Å². The van der Waals surface area contributed by atoms with E-state index in [0.29, 0.717) is 18.8 Å². The van der Waals surface area contributed by atoms with Gasteiger partial charge in [0, 0.05) is 51.0 Å². The van der Waals surface area contributed by atoms with E-state index in [-0.39, 0.29) is 24.1 Å². The Balaban J connectivity index is 1.29. The quantitative estimate of drug-likeness (QED) is 0.743. The normalized spacial score (nSPS) is 20.1. The number of benzene rings is 1. The van der Waals surface area contributed by atoms with Crippen molar-refractivity contribution in [1.82, 2.24) is 19.7 Å². The SMILES string of the molecule is CC(C)(C)OC(=O)N1CCC(n2cccc2C(=O)NC2CCN(Cc3ccccc3)C2)CC1. The predicted molar refractivity (Wildman–Crippen MR) is 128 cm³/mol. The second-order valence-electron chi connectivity index (χ2n) is 10.2. The van der Waals surface area contributed by atoms with Crippen LogP contribution in [0.1, 0.15) is 62.1 Å². The molecule has 2 amide bonds. The molecule has 7 nitrogen and oxygen atoms in total. The van der Waals surface area contributed by atoms with Crippen LogP contribution in [0.25, 0.3) is 0 Å². The molecular formula is C26H36N4O3. The number of aromatic nitrogens is 1. The third kappa shape index (κ3) is 6.16. The number of ether oxygens (including phenoxy) is 1. The molecule has 7 heteroatoms. The maximum atomic E-state index is 13.1. The van der Waals surface area contributed by atoms with Gasteiger partial charge in [0.15, 0.2) is 0 Å². The molecule has 4 rings (SSSR count). The molecule has 2 saturated heterocycles. The molecule has 1 N–H and O–H groups in total.